The van der Waals surface area contributed by atoms with E-state index in [1.807, 2.05) is 26.0 Å². The van der Waals surface area contributed by atoms with Crippen molar-refractivity contribution in [2.45, 2.75) is 20.5 Å². The van der Waals surface area contributed by atoms with Crippen molar-refractivity contribution in [3.63, 3.8) is 0 Å². The Morgan fingerprint density at radius 2 is 1.72 bits per heavy atom. The lowest BCUT2D eigenvalue weighted by Crippen LogP contribution is -2.54. The highest BCUT2D eigenvalue weighted by Gasteiger charge is 2.36. The van der Waals surface area contributed by atoms with Crippen LogP contribution in [-0.4, -0.2) is 30.1 Å². The molecule has 1 heterocycles. The Hall–Kier alpha value is -4.11. The molecule has 0 radical (unpaired) electrons. The molecule has 0 bridgehead atoms. The zero-order chi connectivity index (χ0) is 26.0. The highest BCUT2D eigenvalue weighted by molar-refractivity contribution is 9.10. The highest BCUT2D eigenvalue weighted by Crippen LogP contribution is 2.38. The van der Waals surface area contributed by atoms with Gasteiger partial charge in [-0.2, -0.15) is 0 Å². The SMILES string of the molecule is COc1cc(/C=C2\C(=O)NC(=O)N(c3ccc(O)cc3)C2=O)cc(Br)c1OCc1ccc(C)c(C)c1. The topological polar surface area (TPSA) is 105 Å². The van der Waals surface area contributed by atoms with Crippen LogP contribution in [0.3, 0.4) is 0 Å². The number of rotatable bonds is 6. The zero-order valence-electron chi connectivity index (χ0n) is 19.8. The number of carbonyl (C=O) groups excluding carboxylic acids is 3. The number of barbiturate groups is 1. The quantitative estimate of drug-likeness (QED) is 0.329. The number of phenolic OH excluding ortho intramolecular Hbond substituents is 1. The molecule has 0 atom stereocenters. The van der Waals surface area contributed by atoms with Crippen molar-refractivity contribution in [1.82, 2.24) is 5.32 Å². The highest BCUT2D eigenvalue weighted by atomic mass is 79.9. The number of nitrogens with one attached hydrogen (secondary N) is 1. The summed E-state index contributed by atoms with van der Waals surface area (Å²) in [6.07, 6.45) is 1.37. The van der Waals surface area contributed by atoms with E-state index in [2.05, 4.69) is 27.3 Å². The smallest absolute Gasteiger partial charge is 0.335 e. The van der Waals surface area contributed by atoms with Crippen molar-refractivity contribution < 1.29 is 29.0 Å². The number of ether oxygens (including phenoxy) is 2. The van der Waals surface area contributed by atoms with Crippen LogP contribution in [-0.2, 0) is 16.2 Å². The molecule has 9 heteroatoms. The molecule has 0 unspecified atom stereocenters. The number of carbonyl (C=O) groups is 3. The van der Waals surface area contributed by atoms with E-state index >= 15 is 0 Å². The van der Waals surface area contributed by atoms with Crippen LogP contribution in [0.2, 0.25) is 0 Å². The van der Waals surface area contributed by atoms with E-state index in [1.165, 1.54) is 48.6 Å². The Bertz CT molecular complexity index is 1400. The summed E-state index contributed by atoms with van der Waals surface area (Å²) < 4.78 is 12.1. The number of halogens is 1. The van der Waals surface area contributed by atoms with Crippen LogP contribution >= 0.6 is 15.9 Å². The molecule has 4 rings (SSSR count). The second kappa shape index (κ2) is 10.2. The van der Waals surface area contributed by atoms with E-state index in [0.29, 0.717) is 28.1 Å². The first-order valence-corrected chi connectivity index (χ1v) is 11.7. The van der Waals surface area contributed by atoms with Gasteiger partial charge in [0.05, 0.1) is 17.3 Å². The van der Waals surface area contributed by atoms with Crippen molar-refractivity contribution >= 4 is 45.5 Å². The van der Waals surface area contributed by atoms with Gasteiger partial charge in [0, 0.05) is 0 Å². The molecule has 1 aliphatic rings. The monoisotopic (exact) mass is 550 g/mol. The van der Waals surface area contributed by atoms with Gasteiger partial charge in [0.15, 0.2) is 11.5 Å². The van der Waals surface area contributed by atoms with Gasteiger partial charge in [-0.3, -0.25) is 14.9 Å². The summed E-state index contributed by atoms with van der Waals surface area (Å²) in [4.78, 5) is 38.8. The number of imide groups is 2. The first kappa shape index (κ1) is 25.0. The molecule has 36 heavy (non-hydrogen) atoms. The van der Waals surface area contributed by atoms with Crippen LogP contribution < -0.4 is 19.7 Å². The number of aromatic hydroxyl groups is 1. The summed E-state index contributed by atoms with van der Waals surface area (Å²) in [5.41, 5.74) is 3.82. The van der Waals surface area contributed by atoms with Crippen molar-refractivity contribution in [1.29, 1.82) is 0 Å². The van der Waals surface area contributed by atoms with E-state index in [0.717, 1.165) is 10.5 Å². The van der Waals surface area contributed by atoms with Crippen LogP contribution in [0.15, 0.2) is 64.6 Å². The Kier molecular flexibility index (Phi) is 7.12. The van der Waals surface area contributed by atoms with Gasteiger partial charge in [-0.1, -0.05) is 18.2 Å². The summed E-state index contributed by atoms with van der Waals surface area (Å²) in [6.45, 7) is 4.40. The minimum Gasteiger partial charge on any atom is -0.508 e. The molecule has 1 fully saturated rings. The molecule has 2 N–H and O–H groups in total. The molecule has 1 aliphatic heterocycles. The summed E-state index contributed by atoms with van der Waals surface area (Å²) in [7, 11) is 1.49. The molecule has 1 saturated heterocycles. The van der Waals surface area contributed by atoms with Crippen LogP contribution in [0.1, 0.15) is 22.3 Å². The predicted molar refractivity (Wildman–Crippen MR) is 138 cm³/mol. The number of anilines is 1. The summed E-state index contributed by atoms with van der Waals surface area (Å²) in [6, 6.07) is 14.0. The molecule has 184 valence electrons. The van der Waals surface area contributed by atoms with E-state index in [9.17, 15) is 19.5 Å². The molecule has 0 spiro atoms. The third kappa shape index (κ3) is 5.11. The van der Waals surface area contributed by atoms with Crippen LogP contribution in [0.25, 0.3) is 6.08 Å². The molecular formula is C27H23BrN2O6. The molecule has 0 aromatic heterocycles. The summed E-state index contributed by atoms with van der Waals surface area (Å²) in [5, 5.41) is 11.7. The van der Waals surface area contributed by atoms with E-state index < -0.39 is 17.8 Å². The number of phenols is 1. The third-order valence-electron chi connectivity index (χ3n) is 5.73. The largest absolute Gasteiger partial charge is 0.508 e. The Labute approximate surface area is 216 Å². The number of aryl methyl sites for hydroxylation is 2. The fraction of sp³-hybridized carbons (Fsp3) is 0.148. The van der Waals surface area contributed by atoms with Gasteiger partial charge in [0.2, 0.25) is 0 Å². The predicted octanol–water partition coefficient (Wildman–Crippen LogP) is 5.03. The number of nitrogens with zero attached hydrogens (tertiary/aromatic N) is 1. The molecule has 8 nitrogen and oxygen atoms in total. The van der Waals surface area contributed by atoms with Crippen molar-refractivity contribution in [3.05, 3.63) is 86.9 Å². The third-order valence-corrected chi connectivity index (χ3v) is 6.32. The van der Waals surface area contributed by atoms with Crippen molar-refractivity contribution in [2.75, 3.05) is 12.0 Å². The van der Waals surface area contributed by atoms with Crippen LogP contribution in [0, 0.1) is 13.8 Å². The maximum atomic E-state index is 13.1. The van der Waals surface area contributed by atoms with Gasteiger partial charge in [0.25, 0.3) is 11.8 Å². The zero-order valence-corrected chi connectivity index (χ0v) is 21.4. The Morgan fingerprint density at radius 1 is 1.00 bits per heavy atom. The minimum absolute atomic E-state index is 0.0211. The summed E-state index contributed by atoms with van der Waals surface area (Å²) >= 11 is 3.49. The lowest BCUT2D eigenvalue weighted by Gasteiger charge is -2.26. The van der Waals surface area contributed by atoms with E-state index in [4.69, 9.17) is 9.47 Å². The fourth-order valence-electron chi connectivity index (χ4n) is 3.67. The normalized spacial score (nSPS) is 14.7. The van der Waals surface area contributed by atoms with Crippen molar-refractivity contribution in [2.24, 2.45) is 0 Å². The molecule has 3 aromatic rings. The van der Waals surface area contributed by atoms with Gasteiger partial charge in [-0.25, -0.2) is 9.69 Å². The van der Waals surface area contributed by atoms with Gasteiger partial charge in [-0.15, -0.1) is 0 Å². The summed E-state index contributed by atoms with van der Waals surface area (Å²) in [5.74, 6) is -0.759. The van der Waals surface area contributed by atoms with Crippen LogP contribution in [0.5, 0.6) is 17.2 Å². The van der Waals surface area contributed by atoms with Gasteiger partial charge < -0.3 is 14.6 Å². The standard InChI is InChI=1S/C27H23BrN2O6/c1-15-4-5-17(10-16(15)2)14-36-24-22(28)12-18(13-23(24)35-3)11-21-25(32)29-27(34)30(26(21)33)19-6-8-20(31)9-7-19/h4-13,31H,14H2,1-3H3,(H,29,32,34)/b21-11+. The van der Waals surface area contributed by atoms with E-state index in [1.54, 1.807) is 12.1 Å². The van der Waals surface area contributed by atoms with Gasteiger partial charge in [0.1, 0.15) is 17.9 Å². The average molecular weight is 551 g/mol. The number of amides is 4. The molecule has 0 saturated carbocycles. The molecule has 3 aromatic carbocycles. The first-order chi connectivity index (χ1) is 17.2. The maximum Gasteiger partial charge on any atom is 0.335 e. The Morgan fingerprint density at radius 3 is 2.39 bits per heavy atom. The number of hydrogen-bond donors (Lipinski definition) is 2. The second-order valence-corrected chi connectivity index (χ2v) is 9.07. The number of urea groups is 1. The lowest BCUT2D eigenvalue weighted by atomic mass is 10.1. The minimum atomic E-state index is -0.873. The molecule has 4 amide bonds. The van der Waals surface area contributed by atoms with Gasteiger partial charge >= 0.3 is 6.03 Å². The van der Waals surface area contributed by atoms with Crippen molar-refractivity contribution in [3.8, 4) is 17.2 Å². The van der Waals surface area contributed by atoms with E-state index in [-0.39, 0.29) is 17.0 Å². The first-order valence-electron chi connectivity index (χ1n) is 10.9. The number of hydrogen-bond acceptors (Lipinski definition) is 6. The lowest BCUT2D eigenvalue weighted by molar-refractivity contribution is -0.122. The Balaban J connectivity index is 1.63. The van der Waals surface area contributed by atoms with Gasteiger partial charge in [-0.05, 0) is 94.5 Å². The number of methoxy groups -OCH3 is 1. The molecular weight excluding hydrogens is 528 g/mol. The maximum absolute atomic E-state index is 13.1. The second-order valence-electron chi connectivity index (χ2n) is 8.22. The number of benzene rings is 3. The average Bonchev–Trinajstić information content (AvgIpc) is 2.84. The van der Waals surface area contributed by atoms with Crippen LogP contribution in [0.4, 0.5) is 10.5 Å². The molecule has 0 aliphatic carbocycles. The fourth-order valence-corrected chi connectivity index (χ4v) is 4.25.